The molecular weight excluding hydrogens is 357 g/mol. The van der Waals surface area contributed by atoms with Gasteiger partial charge in [-0.1, -0.05) is 23.2 Å². The first-order valence-electron chi connectivity index (χ1n) is 7.59. The average Bonchev–Trinajstić information content (AvgIpc) is 2.97. The van der Waals surface area contributed by atoms with E-state index in [0.29, 0.717) is 27.0 Å². The smallest absolute Gasteiger partial charge is 0.206 e. The SMILES string of the molecule is CC(C)Nc1nc2cc(Cl)c(Cl)cc2n1[C@H]1O[C@H](CO)[C@H](O)[C@@H]1O. The molecule has 7 nitrogen and oxygen atoms in total. The summed E-state index contributed by atoms with van der Waals surface area (Å²) in [5, 5.41) is 33.6. The summed E-state index contributed by atoms with van der Waals surface area (Å²) in [4.78, 5) is 4.48. The lowest BCUT2D eigenvalue weighted by Crippen LogP contribution is -2.33. The summed E-state index contributed by atoms with van der Waals surface area (Å²) < 4.78 is 7.26. The monoisotopic (exact) mass is 375 g/mol. The van der Waals surface area contributed by atoms with Crippen molar-refractivity contribution in [2.75, 3.05) is 11.9 Å². The average molecular weight is 376 g/mol. The van der Waals surface area contributed by atoms with E-state index in [1.165, 1.54) is 0 Å². The maximum atomic E-state index is 10.4. The maximum absolute atomic E-state index is 10.4. The number of imidazole rings is 1. The Balaban J connectivity index is 2.15. The van der Waals surface area contributed by atoms with Crippen molar-refractivity contribution in [3.05, 3.63) is 22.2 Å². The summed E-state index contributed by atoms with van der Waals surface area (Å²) in [6.45, 7) is 3.49. The van der Waals surface area contributed by atoms with Gasteiger partial charge in [0, 0.05) is 6.04 Å². The quantitative estimate of drug-likeness (QED) is 0.649. The van der Waals surface area contributed by atoms with Crippen LogP contribution in [0.5, 0.6) is 0 Å². The number of nitrogens with zero attached hydrogens (tertiary/aromatic N) is 2. The van der Waals surface area contributed by atoms with Crippen LogP contribution in [0.4, 0.5) is 5.95 Å². The number of fused-ring (bicyclic) bond motifs is 1. The van der Waals surface area contributed by atoms with E-state index < -0.39 is 31.1 Å². The van der Waals surface area contributed by atoms with Crippen molar-refractivity contribution in [3.8, 4) is 0 Å². The number of aliphatic hydroxyl groups excluding tert-OH is 3. The van der Waals surface area contributed by atoms with Crippen LogP contribution < -0.4 is 5.32 Å². The number of hydrogen-bond acceptors (Lipinski definition) is 6. The van der Waals surface area contributed by atoms with Crippen molar-refractivity contribution in [2.45, 2.75) is 44.4 Å². The molecule has 0 spiro atoms. The summed E-state index contributed by atoms with van der Waals surface area (Å²) in [6.07, 6.45) is -4.22. The second-order valence-electron chi connectivity index (χ2n) is 6.09. The maximum Gasteiger partial charge on any atom is 0.206 e. The van der Waals surface area contributed by atoms with E-state index in [0.717, 1.165) is 0 Å². The molecule has 0 aliphatic carbocycles. The lowest BCUT2D eigenvalue weighted by atomic mass is 10.1. The van der Waals surface area contributed by atoms with Crippen LogP contribution in [0, 0.1) is 0 Å². The van der Waals surface area contributed by atoms with Gasteiger partial charge < -0.3 is 25.4 Å². The Hall–Kier alpha value is -1.09. The summed E-state index contributed by atoms with van der Waals surface area (Å²) in [7, 11) is 0. The predicted octanol–water partition coefficient (Wildman–Crippen LogP) is 1.77. The summed E-state index contributed by atoms with van der Waals surface area (Å²) in [5.41, 5.74) is 1.17. The highest BCUT2D eigenvalue weighted by Crippen LogP contribution is 2.37. The van der Waals surface area contributed by atoms with Crippen LogP contribution in [-0.2, 0) is 4.74 Å². The minimum absolute atomic E-state index is 0.0728. The number of nitrogens with one attached hydrogen (secondary N) is 1. The molecule has 0 saturated carbocycles. The molecule has 1 aliphatic rings. The van der Waals surface area contributed by atoms with Crippen LogP contribution in [-0.4, -0.2) is 55.8 Å². The van der Waals surface area contributed by atoms with E-state index in [1.807, 2.05) is 13.8 Å². The number of aliphatic hydroxyl groups is 3. The van der Waals surface area contributed by atoms with Gasteiger partial charge in [-0.2, -0.15) is 0 Å². The van der Waals surface area contributed by atoms with E-state index in [4.69, 9.17) is 27.9 Å². The molecule has 132 valence electrons. The molecule has 0 radical (unpaired) electrons. The molecular formula is C15H19Cl2N3O4. The molecule has 9 heteroatoms. The van der Waals surface area contributed by atoms with Crippen LogP contribution in [0.3, 0.4) is 0 Å². The van der Waals surface area contributed by atoms with E-state index in [1.54, 1.807) is 16.7 Å². The lowest BCUT2D eigenvalue weighted by Gasteiger charge is -2.21. The predicted molar refractivity (Wildman–Crippen MR) is 91.5 cm³/mol. The number of anilines is 1. The highest BCUT2D eigenvalue weighted by molar-refractivity contribution is 6.42. The Kier molecular flexibility index (Phi) is 4.92. The van der Waals surface area contributed by atoms with Crippen molar-refractivity contribution in [3.63, 3.8) is 0 Å². The van der Waals surface area contributed by atoms with Crippen LogP contribution in [0.15, 0.2) is 12.1 Å². The molecule has 0 bridgehead atoms. The summed E-state index contributed by atoms with van der Waals surface area (Å²) in [5.74, 6) is 0.452. The minimum atomic E-state index is -1.22. The molecule has 0 amide bonds. The van der Waals surface area contributed by atoms with Crippen LogP contribution in [0.25, 0.3) is 11.0 Å². The van der Waals surface area contributed by atoms with Crippen LogP contribution in [0.1, 0.15) is 20.1 Å². The first-order chi connectivity index (χ1) is 11.3. The van der Waals surface area contributed by atoms with Crippen molar-refractivity contribution < 1.29 is 20.1 Å². The fourth-order valence-corrected chi connectivity index (χ4v) is 3.12. The molecule has 1 fully saturated rings. The number of rotatable bonds is 4. The Bertz CT molecular complexity index is 752. The van der Waals surface area contributed by atoms with Gasteiger partial charge in [0.15, 0.2) is 6.23 Å². The normalized spacial score (nSPS) is 27.3. The molecule has 4 atom stereocenters. The topological polar surface area (TPSA) is 99.8 Å². The summed E-state index contributed by atoms with van der Waals surface area (Å²) >= 11 is 12.2. The van der Waals surface area contributed by atoms with Crippen molar-refractivity contribution in [2.24, 2.45) is 0 Å². The van der Waals surface area contributed by atoms with Crippen molar-refractivity contribution in [1.82, 2.24) is 9.55 Å². The zero-order valence-electron chi connectivity index (χ0n) is 13.1. The molecule has 1 aliphatic heterocycles. The minimum Gasteiger partial charge on any atom is -0.394 e. The number of halogens is 2. The molecule has 3 rings (SSSR count). The zero-order chi connectivity index (χ0) is 17.6. The molecule has 4 N–H and O–H groups in total. The second kappa shape index (κ2) is 6.67. The van der Waals surface area contributed by atoms with Crippen LogP contribution in [0.2, 0.25) is 10.0 Å². The molecule has 2 heterocycles. The number of ether oxygens (including phenoxy) is 1. The first-order valence-corrected chi connectivity index (χ1v) is 8.35. The molecule has 1 aromatic heterocycles. The van der Waals surface area contributed by atoms with Gasteiger partial charge in [0.1, 0.15) is 18.3 Å². The third-order valence-corrected chi connectivity index (χ3v) is 4.64. The second-order valence-corrected chi connectivity index (χ2v) is 6.90. The van der Waals surface area contributed by atoms with E-state index in [-0.39, 0.29) is 6.04 Å². The largest absolute Gasteiger partial charge is 0.394 e. The van der Waals surface area contributed by atoms with Crippen LogP contribution >= 0.6 is 23.2 Å². The molecule has 2 aromatic rings. The van der Waals surface area contributed by atoms with Crippen molar-refractivity contribution in [1.29, 1.82) is 0 Å². The highest BCUT2D eigenvalue weighted by Gasteiger charge is 2.44. The van der Waals surface area contributed by atoms with Gasteiger partial charge in [0.2, 0.25) is 5.95 Å². The number of aromatic nitrogens is 2. The Morgan fingerprint density at radius 3 is 2.50 bits per heavy atom. The molecule has 24 heavy (non-hydrogen) atoms. The van der Waals surface area contributed by atoms with Gasteiger partial charge >= 0.3 is 0 Å². The highest BCUT2D eigenvalue weighted by atomic mass is 35.5. The summed E-state index contributed by atoms with van der Waals surface area (Å²) in [6, 6.07) is 3.33. The zero-order valence-corrected chi connectivity index (χ0v) is 14.7. The Morgan fingerprint density at radius 1 is 1.25 bits per heavy atom. The van der Waals surface area contributed by atoms with E-state index in [9.17, 15) is 15.3 Å². The lowest BCUT2D eigenvalue weighted by molar-refractivity contribution is -0.0499. The fourth-order valence-electron chi connectivity index (χ4n) is 2.80. The Morgan fingerprint density at radius 2 is 1.92 bits per heavy atom. The van der Waals surface area contributed by atoms with Gasteiger partial charge in [0.25, 0.3) is 0 Å². The van der Waals surface area contributed by atoms with E-state index in [2.05, 4.69) is 10.3 Å². The van der Waals surface area contributed by atoms with Gasteiger partial charge in [-0.05, 0) is 26.0 Å². The van der Waals surface area contributed by atoms with E-state index >= 15 is 0 Å². The van der Waals surface area contributed by atoms with Gasteiger partial charge in [-0.3, -0.25) is 4.57 Å². The molecule has 1 aromatic carbocycles. The number of benzene rings is 1. The Labute approximate surface area is 148 Å². The van der Waals surface area contributed by atoms with Gasteiger partial charge in [0.05, 0.1) is 27.7 Å². The third kappa shape index (κ3) is 2.96. The first kappa shape index (κ1) is 17.7. The molecule has 0 unspecified atom stereocenters. The fraction of sp³-hybridized carbons (Fsp3) is 0.533. The standard InChI is InChI=1S/C15H19Cl2N3O4/c1-6(2)18-15-19-9-3-7(16)8(17)4-10(9)20(15)14-13(23)12(22)11(5-21)24-14/h3-4,6,11-14,21-23H,5H2,1-2H3,(H,18,19)/t11-,12+,13+,14+/m1/s1. The molecule has 1 saturated heterocycles. The third-order valence-electron chi connectivity index (χ3n) is 3.92. The van der Waals surface area contributed by atoms with Crippen molar-refractivity contribution >= 4 is 40.2 Å². The number of hydrogen-bond donors (Lipinski definition) is 4. The van der Waals surface area contributed by atoms with Gasteiger partial charge in [-0.15, -0.1) is 0 Å². The van der Waals surface area contributed by atoms with Gasteiger partial charge in [-0.25, -0.2) is 4.98 Å².